The average Bonchev–Trinajstić information content (AvgIpc) is 3.26. The van der Waals surface area contributed by atoms with E-state index in [2.05, 4.69) is 10.3 Å². The molecule has 0 aromatic carbocycles. The molecule has 2 saturated carbocycles. The van der Waals surface area contributed by atoms with E-state index in [1.807, 2.05) is 13.0 Å². The van der Waals surface area contributed by atoms with E-state index in [9.17, 15) is 13.2 Å². The predicted octanol–water partition coefficient (Wildman–Crippen LogP) is 3.17. The molecule has 2 aliphatic carbocycles. The van der Waals surface area contributed by atoms with E-state index in [1.165, 1.54) is 17.7 Å². The highest BCUT2D eigenvalue weighted by Gasteiger charge is 2.39. The fourth-order valence-corrected chi connectivity index (χ4v) is 2.53. The maximum absolute atomic E-state index is 12.7. The molecule has 0 saturated heterocycles. The molecule has 2 aliphatic rings. The minimum absolute atomic E-state index is 0.00624. The number of hydrogen-bond acceptors (Lipinski definition) is 3. The van der Waals surface area contributed by atoms with Crippen molar-refractivity contribution in [3.63, 3.8) is 0 Å². The van der Waals surface area contributed by atoms with Crippen LogP contribution in [-0.4, -0.2) is 29.8 Å². The van der Waals surface area contributed by atoms with Gasteiger partial charge < -0.3 is 10.2 Å². The third kappa shape index (κ3) is 4.09. The van der Waals surface area contributed by atoms with Gasteiger partial charge in [-0.2, -0.15) is 13.2 Å². The Balaban J connectivity index is 1.72. The van der Waals surface area contributed by atoms with Crippen LogP contribution in [0.25, 0.3) is 0 Å². The largest absolute Gasteiger partial charge is 0.405 e. The number of nitrogens with one attached hydrogen (secondary N) is 1. The Hall–Kier alpha value is -1.30. The quantitative estimate of drug-likeness (QED) is 0.874. The summed E-state index contributed by atoms with van der Waals surface area (Å²) in [5.74, 6) is 0.477. The summed E-state index contributed by atoms with van der Waals surface area (Å²) in [5, 5.41) is 3.39. The SMILES string of the molecule is Cc1cc(CNC2CC2)cnc1N(CC(F)(F)F)C1CC1. The van der Waals surface area contributed by atoms with Crippen molar-refractivity contribution >= 4 is 5.82 Å². The lowest BCUT2D eigenvalue weighted by molar-refractivity contribution is -0.120. The summed E-state index contributed by atoms with van der Waals surface area (Å²) in [5.41, 5.74) is 1.85. The molecule has 2 fully saturated rings. The molecule has 1 aromatic rings. The highest BCUT2D eigenvalue weighted by molar-refractivity contribution is 5.49. The fraction of sp³-hybridized carbons (Fsp3) is 0.667. The number of anilines is 1. The summed E-state index contributed by atoms with van der Waals surface area (Å²) in [6.45, 7) is 1.67. The van der Waals surface area contributed by atoms with Crippen LogP contribution in [0.15, 0.2) is 12.3 Å². The van der Waals surface area contributed by atoms with E-state index in [1.54, 1.807) is 6.20 Å². The van der Waals surface area contributed by atoms with E-state index in [4.69, 9.17) is 0 Å². The molecule has 3 rings (SSSR count). The monoisotopic (exact) mass is 299 g/mol. The normalized spacial score (nSPS) is 18.9. The van der Waals surface area contributed by atoms with Crippen LogP contribution in [0.5, 0.6) is 0 Å². The van der Waals surface area contributed by atoms with Crippen LogP contribution in [0, 0.1) is 6.92 Å². The van der Waals surface area contributed by atoms with Gasteiger partial charge in [-0.3, -0.25) is 0 Å². The number of hydrogen-bond donors (Lipinski definition) is 1. The van der Waals surface area contributed by atoms with Crippen molar-refractivity contribution < 1.29 is 13.2 Å². The van der Waals surface area contributed by atoms with Crippen molar-refractivity contribution in [2.24, 2.45) is 0 Å². The number of nitrogens with zero attached hydrogens (tertiary/aromatic N) is 2. The van der Waals surface area contributed by atoms with Gasteiger partial charge in [0.2, 0.25) is 0 Å². The Morgan fingerprint density at radius 3 is 2.52 bits per heavy atom. The summed E-state index contributed by atoms with van der Waals surface area (Å²) in [7, 11) is 0. The zero-order valence-electron chi connectivity index (χ0n) is 12.1. The molecule has 116 valence electrons. The van der Waals surface area contributed by atoms with Gasteiger partial charge in [0.15, 0.2) is 0 Å². The third-order valence-corrected chi connectivity index (χ3v) is 3.89. The van der Waals surface area contributed by atoms with Gasteiger partial charge >= 0.3 is 6.18 Å². The van der Waals surface area contributed by atoms with Crippen LogP contribution < -0.4 is 10.2 Å². The van der Waals surface area contributed by atoms with Crippen molar-refractivity contribution in [1.29, 1.82) is 0 Å². The van der Waals surface area contributed by atoms with E-state index in [-0.39, 0.29) is 6.04 Å². The van der Waals surface area contributed by atoms with Crippen LogP contribution in [-0.2, 0) is 6.54 Å². The molecule has 0 radical (unpaired) electrons. The second-order valence-electron chi connectivity index (χ2n) is 6.11. The first-order valence-corrected chi connectivity index (χ1v) is 7.45. The van der Waals surface area contributed by atoms with Gasteiger partial charge in [-0.25, -0.2) is 4.98 Å². The number of pyridine rings is 1. The van der Waals surface area contributed by atoms with E-state index >= 15 is 0 Å². The molecule has 0 bridgehead atoms. The highest BCUT2D eigenvalue weighted by atomic mass is 19.4. The minimum Gasteiger partial charge on any atom is -0.344 e. The van der Waals surface area contributed by atoms with Gasteiger partial charge in [0.1, 0.15) is 12.4 Å². The molecule has 1 aromatic heterocycles. The predicted molar refractivity (Wildman–Crippen MR) is 75.3 cm³/mol. The van der Waals surface area contributed by atoms with Crippen molar-refractivity contribution in [2.75, 3.05) is 11.4 Å². The first-order chi connectivity index (χ1) is 9.92. The van der Waals surface area contributed by atoms with Gasteiger partial charge in [0.25, 0.3) is 0 Å². The van der Waals surface area contributed by atoms with Crippen molar-refractivity contribution in [3.8, 4) is 0 Å². The Labute approximate surface area is 122 Å². The van der Waals surface area contributed by atoms with Crippen LogP contribution in [0.3, 0.4) is 0 Å². The molecular formula is C15H20F3N3. The van der Waals surface area contributed by atoms with Crippen molar-refractivity contribution in [3.05, 3.63) is 23.4 Å². The second kappa shape index (κ2) is 5.48. The number of aromatic nitrogens is 1. The van der Waals surface area contributed by atoms with Gasteiger partial charge in [-0.05, 0) is 49.8 Å². The Morgan fingerprint density at radius 2 is 2.00 bits per heavy atom. The first-order valence-electron chi connectivity index (χ1n) is 7.45. The zero-order valence-corrected chi connectivity index (χ0v) is 12.1. The smallest absolute Gasteiger partial charge is 0.344 e. The maximum atomic E-state index is 12.7. The van der Waals surface area contributed by atoms with Gasteiger partial charge in [-0.1, -0.05) is 0 Å². The van der Waals surface area contributed by atoms with E-state index in [0.717, 1.165) is 30.5 Å². The Bertz CT molecular complexity index is 507. The van der Waals surface area contributed by atoms with E-state index in [0.29, 0.717) is 11.9 Å². The van der Waals surface area contributed by atoms with Gasteiger partial charge in [0.05, 0.1) is 0 Å². The summed E-state index contributed by atoms with van der Waals surface area (Å²) in [6, 6.07) is 2.55. The average molecular weight is 299 g/mol. The molecule has 21 heavy (non-hydrogen) atoms. The minimum atomic E-state index is -4.19. The molecule has 0 aliphatic heterocycles. The van der Waals surface area contributed by atoms with Crippen LogP contribution in [0.4, 0.5) is 19.0 Å². The molecule has 1 heterocycles. The molecule has 1 N–H and O–H groups in total. The molecule has 0 atom stereocenters. The lowest BCUT2D eigenvalue weighted by Crippen LogP contribution is -2.37. The Morgan fingerprint density at radius 1 is 1.29 bits per heavy atom. The maximum Gasteiger partial charge on any atom is 0.405 e. The molecular weight excluding hydrogens is 279 g/mol. The van der Waals surface area contributed by atoms with Crippen molar-refractivity contribution in [2.45, 2.75) is 57.4 Å². The van der Waals surface area contributed by atoms with Crippen LogP contribution in [0.2, 0.25) is 0 Å². The van der Waals surface area contributed by atoms with Crippen LogP contribution in [0.1, 0.15) is 36.8 Å². The number of rotatable bonds is 6. The summed E-state index contributed by atoms with van der Waals surface area (Å²) < 4.78 is 38.2. The van der Waals surface area contributed by atoms with E-state index < -0.39 is 12.7 Å². The molecule has 0 spiro atoms. The van der Waals surface area contributed by atoms with Crippen LogP contribution >= 0.6 is 0 Å². The number of alkyl halides is 3. The van der Waals surface area contributed by atoms with Gasteiger partial charge in [0, 0.05) is 24.8 Å². The lowest BCUT2D eigenvalue weighted by Gasteiger charge is -2.26. The summed E-state index contributed by atoms with van der Waals surface area (Å²) in [4.78, 5) is 5.72. The number of aryl methyl sites for hydroxylation is 1. The summed E-state index contributed by atoms with van der Waals surface area (Å²) >= 11 is 0. The highest BCUT2D eigenvalue weighted by Crippen LogP contribution is 2.35. The second-order valence-corrected chi connectivity index (χ2v) is 6.11. The molecule has 3 nitrogen and oxygen atoms in total. The standard InChI is InChI=1S/C15H20F3N3/c1-10-6-11(7-19-12-2-3-12)8-20-14(10)21(13-4-5-13)9-15(16,17)18/h6,8,12-13,19H,2-5,7,9H2,1H3. The molecule has 0 amide bonds. The Kier molecular flexibility index (Phi) is 3.82. The van der Waals surface area contributed by atoms with Gasteiger partial charge in [-0.15, -0.1) is 0 Å². The molecule has 0 unspecified atom stereocenters. The topological polar surface area (TPSA) is 28.2 Å². The first kappa shape index (κ1) is 14.6. The number of halogens is 3. The zero-order chi connectivity index (χ0) is 15.0. The van der Waals surface area contributed by atoms with Crippen molar-refractivity contribution in [1.82, 2.24) is 10.3 Å². The molecule has 6 heteroatoms. The third-order valence-electron chi connectivity index (χ3n) is 3.89. The fourth-order valence-electron chi connectivity index (χ4n) is 2.53. The summed E-state index contributed by atoms with van der Waals surface area (Å²) in [6.07, 6.45) is 1.58. The lowest BCUT2D eigenvalue weighted by atomic mass is 10.2.